The molecule has 0 aromatic heterocycles. The number of halogens is 1. The van der Waals surface area contributed by atoms with Crippen LogP contribution >= 0.6 is 0 Å². The van der Waals surface area contributed by atoms with Gasteiger partial charge in [0.05, 0.1) is 12.9 Å². The molecule has 96 valence electrons. The maximum Gasteiger partial charge on any atom is 0.264 e. The Bertz CT molecular complexity index is 665. The first-order chi connectivity index (χ1) is 8.47. The minimum Gasteiger partial charge on any atom is -0.270 e. The number of benzene rings is 2. The van der Waals surface area contributed by atoms with Crippen LogP contribution in [0, 0.1) is 5.82 Å². The van der Waals surface area contributed by atoms with E-state index in [4.69, 9.17) is 0 Å². The van der Waals surface area contributed by atoms with Crippen molar-refractivity contribution in [1.82, 2.24) is 0 Å². The Morgan fingerprint density at radius 3 is 2.61 bits per heavy atom. The lowest BCUT2D eigenvalue weighted by molar-refractivity contribution is 0.324. The van der Waals surface area contributed by atoms with Gasteiger partial charge in [0.15, 0.2) is 0 Å². The van der Waals surface area contributed by atoms with Crippen LogP contribution < -0.4 is 0 Å². The van der Waals surface area contributed by atoms with Crippen LogP contribution in [0.15, 0.2) is 36.4 Å². The molecule has 18 heavy (non-hydrogen) atoms. The molecular formula is C13H13FO3S. The molecule has 2 aromatic rings. The molecule has 0 radical (unpaired) electrons. The van der Waals surface area contributed by atoms with Crippen molar-refractivity contribution in [3.8, 4) is 0 Å². The highest BCUT2D eigenvalue weighted by Gasteiger charge is 2.09. The average molecular weight is 268 g/mol. The van der Waals surface area contributed by atoms with E-state index >= 15 is 0 Å². The van der Waals surface area contributed by atoms with Gasteiger partial charge in [0.2, 0.25) is 0 Å². The third kappa shape index (κ3) is 3.05. The van der Waals surface area contributed by atoms with Crippen LogP contribution in [0.25, 0.3) is 10.8 Å². The number of fused-ring (bicyclic) bond motifs is 1. The van der Waals surface area contributed by atoms with Gasteiger partial charge >= 0.3 is 0 Å². The topological polar surface area (TPSA) is 43.4 Å². The highest BCUT2D eigenvalue weighted by atomic mass is 32.2. The Kier molecular flexibility index (Phi) is 3.63. The lowest BCUT2D eigenvalue weighted by Crippen LogP contribution is -2.07. The van der Waals surface area contributed by atoms with Crippen molar-refractivity contribution in [3.63, 3.8) is 0 Å². The van der Waals surface area contributed by atoms with Crippen LogP contribution in [0.5, 0.6) is 0 Å². The first kappa shape index (κ1) is 13.0. The minimum absolute atomic E-state index is 0.0518. The standard InChI is InChI=1S/C13H13FO3S/c1-18(15,16)17-9-8-12-11-5-3-2-4-10(11)6-7-13(12)14/h2-7H,8-9H2,1H3. The smallest absolute Gasteiger partial charge is 0.264 e. The fourth-order valence-electron chi connectivity index (χ4n) is 1.86. The van der Waals surface area contributed by atoms with Gasteiger partial charge in [-0.2, -0.15) is 8.42 Å². The van der Waals surface area contributed by atoms with E-state index in [9.17, 15) is 12.8 Å². The van der Waals surface area contributed by atoms with Gasteiger partial charge in [-0.15, -0.1) is 0 Å². The molecule has 0 heterocycles. The minimum atomic E-state index is -3.48. The van der Waals surface area contributed by atoms with Crippen molar-refractivity contribution in [2.24, 2.45) is 0 Å². The highest BCUT2D eigenvalue weighted by Crippen LogP contribution is 2.22. The quantitative estimate of drug-likeness (QED) is 0.800. The summed E-state index contributed by atoms with van der Waals surface area (Å²) in [5.74, 6) is -0.342. The monoisotopic (exact) mass is 268 g/mol. The average Bonchev–Trinajstić information content (AvgIpc) is 2.31. The molecule has 0 aliphatic carbocycles. The second-order valence-corrected chi connectivity index (χ2v) is 5.67. The summed E-state index contributed by atoms with van der Waals surface area (Å²) in [6.45, 7) is -0.0518. The second kappa shape index (κ2) is 5.04. The first-order valence-electron chi connectivity index (χ1n) is 5.48. The summed E-state index contributed by atoms with van der Waals surface area (Å²) >= 11 is 0. The Morgan fingerprint density at radius 1 is 1.17 bits per heavy atom. The summed E-state index contributed by atoms with van der Waals surface area (Å²) < 4.78 is 40.1. The van der Waals surface area contributed by atoms with E-state index in [1.54, 1.807) is 6.07 Å². The normalized spacial score (nSPS) is 11.9. The maximum atomic E-state index is 13.7. The molecule has 2 aromatic carbocycles. The molecule has 5 heteroatoms. The van der Waals surface area contributed by atoms with E-state index < -0.39 is 10.1 Å². The highest BCUT2D eigenvalue weighted by molar-refractivity contribution is 7.85. The lowest BCUT2D eigenvalue weighted by atomic mass is 10.0. The Balaban J connectivity index is 2.29. The van der Waals surface area contributed by atoms with E-state index in [0.717, 1.165) is 17.0 Å². The van der Waals surface area contributed by atoms with Gasteiger partial charge in [0, 0.05) is 6.42 Å². The Hall–Kier alpha value is -1.46. The van der Waals surface area contributed by atoms with Gasteiger partial charge in [0.25, 0.3) is 10.1 Å². The van der Waals surface area contributed by atoms with E-state index in [1.165, 1.54) is 6.07 Å². The van der Waals surface area contributed by atoms with Crippen molar-refractivity contribution >= 4 is 20.9 Å². The molecule has 0 spiro atoms. The summed E-state index contributed by atoms with van der Waals surface area (Å²) in [6, 6.07) is 10.5. The van der Waals surface area contributed by atoms with Crippen LogP contribution in [-0.4, -0.2) is 21.3 Å². The second-order valence-electron chi connectivity index (χ2n) is 4.02. The van der Waals surface area contributed by atoms with Gasteiger partial charge in [0.1, 0.15) is 5.82 Å². The predicted octanol–water partition coefficient (Wildman–Crippen LogP) is 2.50. The summed E-state index contributed by atoms with van der Waals surface area (Å²) in [7, 11) is -3.48. The van der Waals surface area contributed by atoms with Crippen molar-refractivity contribution in [1.29, 1.82) is 0 Å². The molecule has 0 fully saturated rings. The zero-order valence-corrected chi connectivity index (χ0v) is 10.7. The van der Waals surface area contributed by atoms with Gasteiger partial charge in [-0.1, -0.05) is 30.3 Å². The number of hydrogen-bond acceptors (Lipinski definition) is 3. The zero-order valence-electron chi connectivity index (χ0n) is 9.89. The van der Waals surface area contributed by atoms with Gasteiger partial charge < -0.3 is 0 Å². The molecule has 0 saturated heterocycles. The molecule has 3 nitrogen and oxygen atoms in total. The van der Waals surface area contributed by atoms with Gasteiger partial charge in [-0.05, 0) is 22.4 Å². The SMILES string of the molecule is CS(=O)(=O)OCCc1c(F)ccc2ccccc12. The van der Waals surface area contributed by atoms with Crippen molar-refractivity contribution in [2.45, 2.75) is 6.42 Å². The molecule has 0 saturated carbocycles. The molecule has 0 aliphatic heterocycles. The van der Waals surface area contributed by atoms with Crippen LogP contribution in [0.2, 0.25) is 0 Å². The number of rotatable bonds is 4. The first-order valence-corrected chi connectivity index (χ1v) is 7.29. The Labute approximate surface area is 105 Å². The molecule has 0 aliphatic rings. The van der Waals surface area contributed by atoms with Crippen molar-refractivity contribution in [2.75, 3.05) is 12.9 Å². The van der Waals surface area contributed by atoms with Gasteiger partial charge in [-0.25, -0.2) is 4.39 Å². The number of hydrogen-bond donors (Lipinski definition) is 0. The van der Waals surface area contributed by atoms with Crippen LogP contribution in [0.1, 0.15) is 5.56 Å². The molecule has 0 atom stereocenters. The molecule has 0 N–H and O–H groups in total. The molecule has 0 amide bonds. The lowest BCUT2D eigenvalue weighted by Gasteiger charge is -2.08. The van der Waals surface area contributed by atoms with Crippen molar-refractivity contribution in [3.05, 3.63) is 47.8 Å². The predicted molar refractivity (Wildman–Crippen MR) is 68.4 cm³/mol. The molecule has 0 unspecified atom stereocenters. The Morgan fingerprint density at radius 2 is 1.89 bits per heavy atom. The summed E-state index contributed by atoms with van der Waals surface area (Å²) in [5, 5.41) is 1.71. The summed E-state index contributed by atoms with van der Waals surface area (Å²) in [4.78, 5) is 0. The summed E-state index contributed by atoms with van der Waals surface area (Å²) in [6.07, 6.45) is 1.20. The van der Waals surface area contributed by atoms with E-state index in [0.29, 0.717) is 5.56 Å². The van der Waals surface area contributed by atoms with Crippen LogP contribution in [0.4, 0.5) is 4.39 Å². The largest absolute Gasteiger partial charge is 0.270 e. The molecule has 2 rings (SSSR count). The zero-order chi connectivity index (χ0) is 13.2. The van der Waals surface area contributed by atoms with E-state index in [2.05, 4.69) is 4.18 Å². The molecule has 0 bridgehead atoms. The third-order valence-electron chi connectivity index (χ3n) is 2.63. The van der Waals surface area contributed by atoms with Crippen LogP contribution in [-0.2, 0) is 20.7 Å². The van der Waals surface area contributed by atoms with Crippen molar-refractivity contribution < 1.29 is 17.0 Å². The van der Waals surface area contributed by atoms with E-state index in [1.807, 2.05) is 24.3 Å². The summed E-state index contributed by atoms with van der Waals surface area (Å²) in [5.41, 5.74) is 0.483. The fraction of sp³-hybridized carbons (Fsp3) is 0.231. The third-order valence-corrected chi connectivity index (χ3v) is 3.23. The maximum absolute atomic E-state index is 13.7. The van der Waals surface area contributed by atoms with E-state index in [-0.39, 0.29) is 18.8 Å². The van der Waals surface area contributed by atoms with Gasteiger partial charge in [-0.3, -0.25) is 4.18 Å². The fourth-order valence-corrected chi connectivity index (χ4v) is 2.24. The van der Waals surface area contributed by atoms with Crippen LogP contribution in [0.3, 0.4) is 0 Å². The molecular weight excluding hydrogens is 255 g/mol.